The molecule has 0 spiro atoms. The van der Waals surface area contributed by atoms with Gasteiger partial charge in [-0.1, -0.05) is 6.07 Å². The Morgan fingerprint density at radius 3 is 2.95 bits per heavy atom. The molecule has 2 aromatic heterocycles. The molecule has 1 aliphatic heterocycles. The minimum Gasteiger partial charge on any atom is -0.379 e. The molecular weight excluding hydrogens is 262 g/mol. The van der Waals surface area contributed by atoms with Crippen LogP contribution in [0.2, 0.25) is 0 Å². The number of aromatic nitrogens is 2. The third kappa shape index (κ3) is 2.20. The number of benzene rings is 1. The summed E-state index contributed by atoms with van der Waals surface area (Å²) >= 11 is 0. The lowest BCUT2D eigenvalue weighted by atomic mass is 10.0. The zero-order valence-electron chi connectivity index (χ0n) is 12.2. The van der Waals surface area contributed by atoms with Crippen molar-refractivity contribution in [1.82, 2.24) is 14.9 Å². The summed E-state index contributed by atoms with van der Waals surface area (Å²) in [5, 5.41) is 2.56. The molecular formula is C17H19N3O. The number of H-pyrrole nitrogens is 1. The van der Waals surface area contributed by atoms with E-state index in [0.29, 0.717) is 0 Å². The molecule has 4 heteroatoms. The molecule has 3 aromatic rings. The Balaban J connectivity index is 1.86. The van der Waals surface area contributed by atoms with E-state index in [4.69, 9.17) is 4.74 Å². The van der Waals surface area contributed by atoms with Crippen LogP contribution in [0.5, 0.6) is 0 Å². The monoisotopic (exact) mass is 281 g/mol. The van der Waals surface area contributed by atoms with Gasteiger partial charge in [0, 0.05) is 47.8 Å². The van der Waals surface area contributed by atoms with Gasteiger partial charge in [0.25, 0.3) is 0 Å². The molecule has 0 saturated carbocycles. The number of aromatic amines is 1. The van der Waals surface area contributed by atoms with Gasteiger partial charge in [-0.05, 0) is 30.7 Å². The van der Waals surface area contributed by atoms with Crippen molar-refractivity contribution in [2.45, 2.75) is 13.5 Å². The van der Waals surface area contributed by atoms with Crippen LogP contribution in [0.25, 0.3) is 21.8 Å². The number of ether oxygens (including phenoxy) is 1. The second-order valence-corrected chi connectivity index (χ2v) is 5.68. The Bertz CT molecular complexity index is 787. The van der Waals surface area contributed by atoms with Crippen molar-refractivity contribution >= 4 is 21.8 Å². The van der Waals surface area contributed by atoms with Gasteiger partial charge >= 0.3 is 0 Å². The highest BCUT2D eigenvalue weighted by molar-refractivity contribution is 6.07. The van der Waals surface area contributed by atoms with E-state index in [1.807, 2.05) is 12.3 Å². The van der Waals surface area contributed by atoms with Crippen LogP contribution in [0.4, 0.5) is 0 Å². The highest BCUT2D eigenvalue weighted by Crippen LogP contribution is 2.30. The van der Waals surface area contributed by atoms with Gasteiger partial charge in [-0.2, -0.15) is 0 Å². The van der Waals surface area contributed by atoms with Gasteiger partial charge in [0.1, 0.15) is 0 Å². The van der Waals surface area contributed by atoms with Crippen molar-refractivity contribution in [3.05, 3.63) is 41.7 Å². The van der Waals surface area contributed by atoms with E-state index in [2.05, 4.69) is 40.0 Å². The molecule has 0 bridgehead atoms. The topological polar surface area (TPSA) is 41.2 Å². The summed E-state index contributed by atoms with van der Waals surface area (Å²) in [6.45, 7) is 6.83. The first-order valence-corrected chi connectivity index (χ1v) is 7.48. The van der Waals surface area contributed by atoms with Crippen molar-refractivity contribution in [3.63, 3.8) is 0 Å². The zero-order valence-corrected chi connectivity index (χ0v) is 12.2. The number of morpholine rings is 1. The van der Waals surface area contributed by atoms with Crippen LogP contribution in [0.1, 0.15) is 11.3 Å². The summed E-state index contributed by atoms with van der Waals surface area (Å²) < 4.78 is 5.45. The Morgan fingerprint density at radius 1 is 1.24 bits per heavy atom. The molecule has 0 aliphatic carbocycles. The van der Waals surface area contributed by atoms with Crippen LogP contribution in [0.15, 0.2) is 30.5 Å². The molecule has 1 aliphatic rings. The van der Waals surface area contributed by atoms with Crippen LogP contribution in [-0.4, -0.2) is 41.2 Å². The first kappa shape index (κ1) is 12.8. The second-order valence-electron chi connectivity index (χ2n) is 5.68. The fourth-order valence-electron chi connectivity index (χ4n) is 3.23. The molecule has 108 valence electrons. The fraction of sp³-hybridized carbons (Fsp3) is 0.353. The third-order valence-electron chi connectivity index (χ3n) is 4.35. The number of pyridine rings is 1. The molecule has 1 fully saturated rings. The standard InChI is InChI=1S/C17H19N3O/c1-12-14(11-20-7-9-21-10-8-20)17-13-3-2-6-18-15(13)4-5-16(17)19-12/h2-6,19H,7-11H2,1H3. The number of hydrogen-bond donors (Lipinski definition) is 1. The van der Waals surface area contributed by atoms with Crippen molar-refractivity contribution in [3.8, 4) is 0 Å². The average Bonchev–Trinajstić information content (AvgIpc) is 2.85. The number of nitrogens with one attached hydrogen (secondary N) is 1. The van der Waals surface area contributed by atoms with Crippen molar-refractivity contribution in [2.24, 2.45) is 0 Å². The predicted molar refractivity (Wildman–Crippen MR) is 84.4 cm³/mol. The molecule has 3 heterocycles. The number of hydrogen-bond acceptors (Lipinski definition) is 3. The normalized spacial score (nSPS) is 16.8. The predicted octanol–water partition coefficient (Wildman–Crippen LogP) is 2.86. The molecule has 0 unspecified atom stereocenters. The molecule has 4 nitrogen and oxygen atoms in total. The van der Waals surface area contributed by atoms with Crippen LogP contribution in [-0.2, 0) is 11.3 Å². The smallest absolute Gasteiger partial charge is 0.0709 e. The molecule has 1 N–H and O–H groups in total. The quantitative estimate of drug-likeness (QED) is 0.785. The molecule has 0 atom stereocenters. The minimum atomic E-state index is 0.837. The molecule has 21 heavy (non-hydrogen) atoms. The van der Waals surface area contributed by atoms with Crippen LogP contribution in [0, 0.1) is 6.92 Å². The number of fused-ring (bicyclic) bond motifs is 3. The van der Waals surface area contributed by atoms with Crippen molar-refractivity contribution in [2.75, 3.05) is 26.3 Å². The zero-order chi connectivity index (χ0) is 14.2. The van der Waals surface area contributed by atoms with Gasteiger partial charge in [0.05, 0.1) is 18.7 Å². The summed E-state index contributed by atoms with van der Waals surface area (Å²) in [6.07, 6.45) is 1.86. The van der Waals surface area contributed by atoms with Gasteiger partial charge in [-0.15, -0.1) is 0 Å². The van der Waals surface area contributed by atoms with E-state index in [-0.39, 0.29) is 0 Å². The molecule has 1 saturated heterocycles. The first-order valence-electron chi connectivity index (χ1n) is 7.48. The summed E-state index contributed by atoms with van der Waals surface area (Å²) in [5.41, 5.74) is 4.92. The summed E-state index contributed by atoms with van der Waals surface area (Å²) in [7, 11) is 0. The first-order chi connectivity index (χ1) is 10.3. The maximum absolute atomic E-state index is 5.45. The van der Waals surface area contributed by atoms with E-state index in [1.165, 1.54) is 27.5 Å². The average molecular weight is 281 g/mol. The van der Waals surface area contributed by atoms with Gasteiger partial charge in [0.15, 0.2) is 0 Å². The summed E-state index contributed by atoms with van der Waals surface area (Å²) in [4.78, 5) is 10.5. The van der Waals surface area contributed by atoms with E-state index >= 15 is 0 Å². The lowest BCUT2D eigenvalue weighted by Gasteiger charge is -2.26. The maximum atomic E-state index is 5.45. The highest BCUT2D eigenvalue weighted by Gasteiger charge is 2.17. The van der Waals surface area contributed by atoms with Gasteiger partial charge in [-0.3, -0.25) is 9.88 Å². The van der Waals surface area contributed by atoms with E-state index in [9.17, 15) is 0 Å². The largest absolute Gasteiger partial charge is 0.379 e. The van der Waals surface area contributed by atoms with Crippen molar-refractivity contribution < 1.29 is 4.74 Å². The summed E-state index contributed by atoms with van der Waals surface area (Å²) in [5.74, 6) is 0. The Hall–Kier alpha value is -1.91. The SMILES string of the molecule is Cc1[nH]c2ccc3ncccc3c2c1CN1CCOCC1. The third-order valence-corrected chi connectivity index (χ3v) is 4.35. The van der Waals surface area contributed by atoms with Gasteiger partial charge in [-0.25, -0.2) is 0 Å². The van der Waals surface area contributed by atoms with E-state index in [1.54, 1.807) is 0 Å². The van der Waals surface area contributed by atoms with Gasteiger partial charge < -0.3 is 9.72 Å². The van der Waals surface area contributed by atoms with Crippen LogP contribution < -0.4 is 0 Å². The number of aryl methyl sites for hydroxylation is 1. The minimum absolute atomic E-state index is 0.837. The lowest BCUT2D eigenvalue weighted by molar-refractivity contribution is 0.0343. The Morgan fingerprint density at radius 2 is 2.10 bits per heavy atom. The summed E-state index contributed by atoms with van der Waals surface area (Å²) in [6, 6.07) is 8.41. The number of nitrogens with zero attached hydrogens (tertiary/aromatic N) is 2. The Kier molecular flexibility index (Phi) is 3.13. The number of rotatable bonds is 2. The second kappa shape index (κ2) is 5.13. The highest BCUT2D eigenvalue weighted by atomic mass is 16.5. The van der Waals surface area contributed by atoms with Crippen LogP contribution >= 0.6 is 0 Å². The maximum Gasteiger partial charge on any atom is 0.0709 e. The van der Waals surface area contributed by atoms with Gasteiger partial charge in [0.2, 0.25) is 0 Å². The fourth-order valence-corrected chi connectivity index (χ4v) is 3.23. The molecule has 4 rings (SSSR count). The van der Waals surface area contributed by atoms with E-state index < -0.39 is 0 Å². The van der Waals surface area contributed by atoms with Crippen molar-refractivity contribution in [1.29, 1.82) is 0 Å². The molecule has 1 aromatic carbocycles. The van der Waals surface area contributed by atoms with E-state index in [0.717, 1.165) is 38.4 Å². The molecule has 0 amide bonds. The lowest BCUT2D eigenvalue weighted by Crippen LogP contribution is -2.35. The Labute approximate surface area is 123 Å². The van der Waals surface area contributed by atoms with Crippen LogP contribution in [0.3, 0.4) is 0 Å². The molecule has 0 radical (unpaired) electrons.